The van der Waals surface area contributed by atoms with Crippen LogP contribution < -0.4 is 5.32 Å². The topological polar surface area (TPSA) is 32.3 Å². The van der Waals surface area contributed by atoms with Gasteiger partial charge in [-0.2, -0.15) is 0 Å². The van der Waals surface area contributed by atoms with Gasteiger partial charge in [0.25, 0.3) is 5.91 Å². The Morgan fingerprint density at radius 1 is 1.65 bits per heavy atom. The number of likely N-dealkylation sites (N-methyl/N-ethyl adjacent to an activating group) is 1. The fourth-order valence-electron chi connectivity index (χ4n) is 2.11. The van der Waals surface area contributed by atoms with Crippen molar-refractivity contribution in [2.24, 2.45) is 0 Å². The van der Waals surface area contributed by atoms with Crippen LogP contribution in [-0.4, -0.2) is 36.5 Å². The lowest BCUT2D eigenvalue weighted by atomic mass is 10.2. The molecule has 1 aliphatic heterocycles. The number of hydrogen-bond donors (Lipinski definition) is 1. The molecule has 2 rings (SSSR count). The number of carbonyl (C=O) groups is 1. The second-order valence-electron chi connectivity index (χ2n) is 3.98. The van der Waals surface area contributed by atoms with Crippen molar-refractivity contribution < 1.29 is 4.79 Å². The van der Waals surface area contributed by atoms with Gasteiger partial charge in [0, 0.05) is 19.1 Å². The maximum Gasteiger partial charge on any atom is 0.256 e. The summed E-state index contributed by atoms with van der Waals surface area (Å²) in [5.74, 6) is 0.120. The summed E-state index contributed by atoms with van der Waals surface area (Å²) < 4.78 is 1.88. The normalized spacial score (nSPS) is 19.6. The van der Waals surface area contributed by atoms with Crippen LogP contribution >= 0.6 is 43.2 Å². The monoisotopic (exact) mass is 380 g/mol. The fourth-order valence-corrected chi connectivity index (χ4v) is 4.89. The quantitative estimate of drug-likeness (QED) is 0.872. The number of nitrogens with zero attached hydrogens (tertiary/aromatic N) is 1. The van der Waals surface area contributed by atoms with Gasteiger partial charge in [-0.25, -0.2) is 0 Å². The molecule has 1 N–H and O–H groups in total. The molecule has 3 nitrogen and oxygen atoms in total. The molecule has 1 saturated heterocycles. The van der Waals surface area contributed by atoms with E-state index in [0.29, 0.717) is 6.04 Å². The number of nitrogens with one attached hydrogen (secondary N) is 1. The summed E-state index contributed by atoms with van der Waals surface area (Å²) in [7, 11) is 0. The van der Waals surface area contributed by atoms with Gasteiger partial charge in [-0.05, 0) is 57.8 Å². The van der Waals surface area contributed by atoms with Gasteiger partial charge in [0.05, 0.1) is 13.1 Å². The highest BCUT2D eigenvalue weighted by Crippen LogP contribution is 2.33. The van der Waals surface area contributed by atoms with Crippen LogP contribution in [0.15, 0.2) is 13.6 Å². The van der Waals surface area contributed by atoms with Gasteiger partial charge in [0.1, 0.15) is 0 Å². The highest BCUT2D eigenvalue weighted by atomic mass is 79.9. The largest absolute Gasteiger partial charge is 0.335 e. The van der Waals surface area contributed by atoms with Crippen molar-refractivity contribution in [2.75, 3.05) is 19.6 Å². The standard InChI is InChI=1S/C11H14Br2N2OS/c1-2-15(7-3-4-14-6-7)11(16)8-5-9(12)17-10(8)13/h5,7,14H,2-4,6H2,1H3. The minimum atomic E-state index is 0.120. The molecule has 1 aliphatic rings. The maximum absolute atomic E-state index is 12.5. The van der Waals surface area contributed by atoms with Crippen LogP contribution in [0.4, 0.5) is 0 Å². The first kappa shape index (κ1) is 13.5. The third-order valence-electron chi connectivity index (χ3n) is 2.96. The molecule has 1 aromatic heterocycles. The lowest BCUT2D eigenvalue weighted by Crippen LogP contribution is -2.41. The van der Waals surface area contributed by atoms with Crippen molar-refractivity contribution >= 4 is 49.1 Å². The van der Waals surface area contributed by atoms with Crippen LogP contribution in [0, 0.1) is 0 Å². The van der Waals surface area contributed by atoms with Gasteiger partial charge >= 0.3 is 0 Å². The van der Waals surface area contributed by atoms with Crippen molar-refractivity contribution in [1.82, 2.24) is 10.2 Å². The summed E-state index contributed by atoms with van der Waals surface area (Å²) in [4.78, 5) is 14.4. The van der Waals surface area contributed by atoms with Gasteiger partial charge in [-0.1, -0.05) is 0 Å². The van der Waals surface area contributed by atoms with Gasteiger partial charge < -0.3 is 10.2 Å². The molecule has 0 spiro atoms. The highest BCUT2D eigenvalue weighted by molar-refractivity contribution is 9.12. The zero-order valence-corrected chi connectivity index (χ0v) is 13.5. The van der Waals surface area contributed by atoms with Crippen LogP contribution in [0.25, 0.3) is 0 Å². The molecule has 0 aliphatic carbocycles. The van der Waals surface area contributed by atoms with E-state index in [1.165, 1.54) is 11.3 Å². The molecule has 0 bridgehead atoms. The van der Waals surface area contributed by atoms with Gasteiger partial charge in [0.15, 0.2) is 0 Å². The first-order chi connectivity index (χ1) is 8.13. The Morgan fingerprint density at radius 3 is 2.88 bits per heavy atom. The lowest BCUT2D eigenvalue weighted by Gasteiger charge is -2.27. The summed E-state index contributed by atoms with van der Waals surface area (Å²) in [6, 6.07) is 2.22. The van der Waals surface area contributed by atoms with E-state index in [1.807, 2.05) is 17.9 Å². The first-order valence-electron chi connectivity index (χ1n) is 5.60. The second kappa shape index (κ2) is 5.82. The molecular weight excluding hydrogens is 368 g/mol. The Hall–Kier alpha value is 0.0900. The summed E-state index contributed by atoms with van der Waals surface area (Å²) in [6.45, 7) is 4.70. The molecule has 0 saturated carbocycles. The Bertz CT molecular complexity index is 416. The van der Waals surface area contributed by atoms with E-state index in [0.717, 1.165) is 39.2 Å². The molecule has 1 aromatic rings. The zero-order chi connectivity index (χ0) is 12.4. The van der Waals surface area contributed by atoms with Crippen molar-refractivity contribution in [3.8, 4) is 0 Å². The molecule has 0 radical (unpaired) electrons. The van der Waals surface area contributed by atoms with Gasteiger partial charge in [0.2, 0.25) is 0 Å². The second-order valence-corrected chi connectivity index (χ2v) is 7.73. The lowest BCUT2D eigenvalue weighted by molar-refractivity contribution is 0.0703. The van der Waals surface area contributed by atoms with Crippen LogP contribution in [0.3, 0.4) is 0 Å². The minimum absolute atomic E-state index is 0.120. The maximum atomic E-state index is 12.5. The SMILES string of the molecule is CCN(C(=O)c1cc(Br)sc1Br)C1CCNC1. The predicted molar refractivity (Wildman–Crippen MR) is 77.7 cm³/mol. The Kier molecular flexibility index (Phi) is 4.63. The third-order valence-corrected chi connectivity index (χ3v) is 5.30. The van der Waals surface area contributed by atoms with Gasteiger partial charge in [-0.3, -0.25) is 4.79 Å². The van der Waals surface area contributed by atoms with E-state index >= 15 is 0 Å². The molecular formula is C11H14Br2N2OS. The Labute approximate surface area is 122 Å². The van der Waals surface area contributed by atoms with Crippen molar-refractivity contribution in [1.29, 1.82) is 0 Å². The predicted octanol–water partition coefficient (Wildman–Crippen LogP) is 3.10. The highest BCUT2D eigenvalue weighted by Gasteiger charge is 2.27. The minimum Gasteiger partial charge on any atom is -0.335 e. The number of amides is 1. The molecule has 1 unspecified atom stereocenters. The molecule has 1 amide bonds. The van der Waals surface area contributed by atoms with Crippen molar-refractivity contribution in [3.05, 3.63) is 19.2 Å². The van der Waals surface area contributed by atoms with Crippen LogP contribution in [0.5, 0.6) is 0 Å². The Balaban J connectivity index is 2.19. The van der Waals surface area contributed by atoms with Gasteiger partial charge in [-0.15, -0.1) is 11.3 Å². The molecule has 94 valence electrons. The summed E-state index contributed by atoms with van der Waals surface area (Å²) in [5, 5.41) is 3.30. The number of halogens is 2. The number of rotatable bonds is 3. The van der Waals surface area contributed by atoms with E-state index in [-0.39, 0.29) is 5.91 Å². The van der Waals surface area contributed by atoms with Crippen molar-refractivity contribution in [2.45, 2.75) is 19.4 Å². The molecule has 1 fully saturated rings. The number of carbonyl (C=O) groups excluding carboxylic acids is 1. The summed E-state index contributed by atoms with van der Waals surface area (Å²) in [6.07, 6.45) is 1.04. The number of thiophene rings is 1. The molecule has 1 atom stereocenters. The van der Waals surface area contributed by atoms with Crippen molar-refractivity contribution in [3.63, 3.8) is 0 Å². The summed E-state index contributed by atoms with van der Waals surface area (Å²) >= 11 is 8.40. The van der Waals surface area contributed by atoms with Crippen LogP contribution in [0.1, 0.15) is 23.7 Å². The van der Waals surface area contributed by atoms with Crippen LogP contribution in [-0.2, 0) is 0 Å². The Morgan fingerprint density at radius 2 is 2.41 bits per heavy atom. The molecule has 17 heavy (non-hydrogen) atoms. The van der Waals surface area contributed by atoms with E-state index < -0.39 is 0 Å². The van der Waals surface area contributed by atoms with E-state index in [1.54, 1.807) is 0 Å². The van der Waals surface area contributed by atoms with E-state index in [2.05, 4.69) is 37.2 Å². The van der Waals surface area contributed by atoms with E-state index in [4.69, 9.17) is 0 Å². The smallest absolute Gasteiger partial charge is 0.256 e. The molecule has 0 aromatic carbocycles. The van der Waals surface area contributed by atoms with E-state index in [9.17, 15) is 4.79 Å². The zero-order valence-electron chi connectivity index (χ0n) is 9.50. The molecule has 6 heteroatoms. The average Bonchev–Trinajstić information content (AvgIpc) is 2.89. The fraction of sp³-hybridized carbons (Fsp3) is 0.545. The summed E-state index contributed by atoms with van der Waals surface area (Å²) in [5.41, 5.74) is 0.760. The van der Waals surface area contributed by atoms with Crippen LogP contribution in [0.2, 0.25) is 0 Å². The average molecular weight is 382 g/mol. The molecule has 2 heterocycles. The number of hydrogen-bond acceptors (Lipinski definition) is 3. The third kappa shape index (κ3) is 2.92. The first-order valence-corrected chi connectivity index (χ1v) is 8.00.